The van der Waals surface area contributed by atoms with Crippen LogP contribution in [0.4, 0.5) is 8.78 Å². The van der Waals surface area contributed by atoms with Gasteiger partial charge in [-0.2, -0.15) is 0 Å². The van der Waals surface area contributed by atoms with Crippen molar-refractivity contribution in [3.63, 3.8) is 0 Å². The van der Waals surface area contributed by atoms with Gasteiger partial charge >= 0.3 is 0 Å². The zero-order valence-electron chi connectivity index (χ0n) is 55.6. The Labute approximate surface area is 469 Å². The molecule has 0 atom stereocenters. The molecule has 0 N–H and O–H groups in total. The van der Waals surface area contributed by atoms with E-state index in [0.29, 0.717) is 5.92 Å². The molecule has 0 heterocycles. The fourth-order valence-electron chi connectivity index (χ4n) is 10.7. The molecule has 0 aromatic heterocycles. The molecule has 0 saturated carbocycles. The monoisotopic (exact) mass is 1040 g/mol. The largest absolute Gasteiger partial charge is 0.207 e. The van der Waals surface area contributed by atoms with Crippen molar-refractivity contribution in [2.45, 2.75) is 314 Å². The van der Waals surface area contributed by atoms with Crippen LogP contribution < -0.4 is 0 Å². The number of aryl methyl sites for hydroxylation is 3. The predicted octanol–water partition coefficient (Wildman–Crippen LogP) is 25.6. The fourth-order valence-corrected chi connectivity index (χ4v) is 10.7. The standard InChI is InChI=1S/C30H45F.C28H41F.C7H16.4C2H6/c1-11-12-13-14-25-26(20(2)3)16-23(30(9,10)19-29(6,7)8)17-28(25)27-18-24(31)15-21(4)22(27)5;1-10-11-12-13-24-20(3)15-23(29)17-26(24)25-16-22(14-19(2)21(25)4)28(8,9)18-27(5,6)7;1-3-5-7-6-4-2;4*1-2/h15-18,20H,11-14,19H2,1-10H3;14-17H,10-13,18H2,1-9H3;3-7H2,1-2H3;4*1-2H3. The summed E-state index contributed by atoms with van der Waals surface area (Å²) in [5.74, 6) is 0.173. The molecule has 0 saturated heterocycles. The maximum absolute atomic E-state index is 14.5. The Morgan fingerprint density at radius 3 is 1.09 bits per heavy atom. The number of hydrogen-bond donors (Lipinski definition) is 0. The van der Waals surface area contributed by atoms with Crippen LogP contribution in [0.2, 0.25) is 0 Å². The van der Waals surface area contributed by atoms with Gasteiger partial charge in [-0.05, 0) is 203 Å². The van der Waals surface area contributed by atoms with Gasteiger partial charge in [0.25, 0.3) is 0 Å². The summed E-state index contributed by atoms with van der Waals surface area (Å²) in [6.07, 6.45) is 18.5. The molecular formula is C73H126F2. The van der Waals surface area contributed by atoms with Crippen molar-refractivity contribution in [3.8, 4) is 22.3 Å². The van der Waals surface area contributed by atoms with E-state index in [1.807, 2.05) is 62.3 Å². The van der Waals surface area contributed by atoms with Crippen LogP contribution in [0.15, 0.2) is 48.5 Å². The number of benzene rings is 4. The molecule has 0 aliphatic rings. The molecule has 4 aromatic rings. The van der Waals surface area contributed by atoms with Crippen LogP contribution in [0.25, 0.3) is 22.3 Å². The topological polar surface area (TPSA) is 0 Å². The summed E-state index contributed by atoms with van der Waals surface area (Å²) in [5.41, 5.74) is 18.0. The fraction of sp³-hybridized carbons (Fsp3) is 0.671. The molecule has 0 unspecified atom stereocenters. The van der Waals surface area contributed by atoms with Gasteiger partial charge in [0.05, 0.1) is 0 Å². The molecule has 0 aliphatic carbocycles. The zero-order chi connectivity index (χ0) is 59.1. The van der Waals surface area contributed by atoms with Crippen molar-refractivity contribution in [3.05, 3.63) is 116 Å². The molecular weight excluding hydrogens is 915 g/mol. The lowest BCUT2D eigenvalue weighted by Gasteiger charge is -2.35. The molecule has 0 bridgehead atoms. The Hall–Kier alpha value is -3.26. The van der Waals surface area contributed by atoms with Gasteiger partial charge in [-0.25, -0.2) is 8.78 Å². The third-order valence-corrected chi connectivity index (χ3v) is 14.0. The minimum atomic E-state index is -0.136. The van der Waals surface area contributed by atoms with Crippen LogP contribution >= 0.6 is 0 Å². The van der Waals surface area contributed by atoms with Crippen LogP contribution in [-0.4, -0.2) is 0 Å². The smallest absolute Gasteiger partial charge is 0.124 e. The third kappa shape index (κ3) is 27.3. The van der Waals surface area contributed by atoms with E-state index >= 15 is 0 Å². The van der Waals surface area contributed by atoms with E-state index in [1.54, 1.807) is 24.3 Å². The average Bonchev–Trinajstić information content (AvgIpc) is 3.33. The van der Waals surface area contributed by atoms with Crippen LogP contribution in [0, 0.1) is 57.1 Å². The Morgan fingerprint density at radius 1 is 0.373 bits per heavy atom. The van der Waals surface area contributed by atoms with Gasteiger partial charge in [0.2, 0.25) is 0 Å². The first-order chi connectivity index (χ1) is 35.0. The van der Waals surface area contributed by atoms with Gasteiger partial charge in [0.15, 0.2) is 0 Å². The first kappa shape index (κ1) is 76.0. The molecule has 2 heteroatoms. The van der Waals surface area contributed by atoms with Crippen molar-refractivity contribution in [1.29, 1.82) is 0 Å². The molecule has 432 valence electrons. The number of halogens is 2. The maximum atomic E-state index is 14.5. The van der Waals surface area contributed by atoms with E-state index in [4.69, 9.17) is 0 Å². The molecule has 0 amide bonds. The number of unbranched alkanes of at least 4 members (excludes halogenated alkanes) is 8. The summed E-state index contributed by atoms with van der Waals surface area (Å²) in [5, 5.41) is 0. The zero-order valence-corrected chi connectivity index (χ0v) is 55.6. The highest BCUT2D eigenvalue weighted by molar-refractivity contribution is 5.75. The van der Waals surface area contributed by atoms with Gasteiger partial charge in [-0.1, -0.05) is 248 Å². The second-order valence-corrected chi connectivity index (χ2v) is 24.6. The normalized spacial score (nSPS) is 11.3. The van der Waals surface area contributed by atoms with Gasteiger partial charge in [-0.3, -0.25) is 0 Å². The molecule has 0 radical (unpaired) electrons. The van der Waals surface area contributed by atoms with Gasteiger partial charge in [0.1, 0.15) is 11.6 Å². The van der Waals surface area contributed by atoms with E-state index in [0.717, 1.165) is 54.4 Å². The summed E-state index contributed by atoms with van der Waals surface area (Å²) in [6, 6.07) is 16.4. The first-order valence-electron chi connectivity index (χ1n) is 30.9. The van der Waals surface area contributed by atoms with Crippen molar-refractivity contribution in [2.75, 3.05) is 0 Å². The molecule has 0 spiro atoms. The first-order valence-corrected chi connectivity index (χ1v) is 30.9. The van der Waals surface area contributed by atoms with E-state index in [9.17, 15) is 8.78 Å². The van der Waals surface area contributed by atoms with E-state index in [1.165, 1.54) is 120 Å². The Morgan fingerprint density at radius 2 is 0.693 bits per heavy atom. The lowest BCUT2D eigenvalue weighted by molar-refractivity contribution is 0.283. The molecule has 4 rings (SSSR count). The Kier molecular flexibility index (Phi) is 38.8. The minimum absolute atomic E-state index is 0.0505. The molecule has 75 heavy (non-hydrogen) atoms. The van der Waals surface area contributed by atoms with Crippen molar-refractivity contribution in [1.82, 2.24) is 0 Å². The number of rotatable bonds is 19. The van der Waals surface area contributed by atoms with Gasteiger partial charge in [0, 0.05) is 0 Å². The van der Waals surface area contributed by atoms with Crippen LogP contribution in [0.1, 0.15) is 311 Å². The number of hydrogen-bond acceptors (Lipinski definition) is 0. The van der Waals surface area contributed by atoms with E-state index < -0.39 is 0 Å². The van der Waals surface area contributed by atoms with Crippen molar-refractivity contribution < 1.29 is 8.78 Å². The van der Waals surface area contributed by atoms with Crippen LogP contribution in [0.3, 0.4) is 0 Å². The maximum Gasteiger partial charge on any atom is 0.124 e. The summed E-state index contributed by atoms with van der Waals surface area (Å²) in [6.45, 7) is 63.4. The van der Waals surface area contributed by atoms with Crippen LogP contribution in [0.5, 0.6) is 0 Å². The van der Waals surface area contributed by atoms with Crippen LogP contribution in [-0.2, 0) is 23.7 Å². The highest BCUT2D eigenvalue weighted by Gasteiger charge is 2.31. The van der Waals surface area contributed by atoms with Gasteiger partial charge in [-0.15, -0.1) is 0 Å². The molecule has 0 nitrogen and oxygen atoms in total. The van der Waals surface area contributed by atoms with E-state index in [-0.39, 0.29) is 33.3 Å². The molecule has 0 aliphatic heterocycles. The minimum Gasteiger partial charge on any atom is -0.207 e. The second-order valence-electron chi connectivity index (χ2n) is 24.6. The van der Waals surface area contributed by atoms with Crippen molar-refractivity contribution >= 4 is 0 Å². The summed E-state index contributed by atoms with van der Waals surface area (Å²) < 4.78 is 29.0. The Bertz CT molecular complexity index is 2120. The SMILES string of the molecule is CC.CC.CC.CC.CCCCCCC.CCCCCc1c(-c2cc(F)cc(C)c2C)cc(C(C)(C)CC(C)(C)C)cc1C(C)C.CCCCCc1c(C)cc(F)cc1-c1cc(C(C)(C)CC(C)(C)C)cc(C)c1C. The lowest BCUT2D eigenvalue weighted by Crippen LogP contribution is -2.25. The second kappa shape index (κ2) is 38.3. The average molecular weight is 1040 g/mol. The molecule has 0 fully saturated rings. The summed E-state index contributed by atoms with van der Waals surface area (Å²) in [4.78, 5) is 0. The quantitative estimate of drug-likeness (QED) is 0.0821. The lowest BCUT2D eigenvalue weighted by atomic mass is 9.70. The summed E-state index contributed by atoms with van der Waals surface area (Å²) >= 11 is 0. The predicted molar refractivity (Wildman–Crippen MR) is 342 cm³/mol. The Balaban J connectivity index is -0.00000110. The van der Waals surface area contributed by atoms with Gasteiger partial charge < -0.3 is 0 Å². The third-order valence-electron chi connectivity index (χ3n) is 14.0. The highest BCUT2D eigenvalue weighted by atomic mass is 19.1. The highest BCUT2D eigenvalue weighted by Crippen LogP contribution is 2.44. The van der Waals surface area contributed by atoms with Crippen molar-refractivity contribution in [2.24, 2.45) is 10.8 Å². The van der Waals surface area contributed by atoms with E-state index in [2.05, 4.69) is 163 Å². The summed E-state index contributed by atoms with van der Waals surface area (Å²) in [7, 11) is 0. The molecule has 4 aromatic carbocycles.